The molecule has 2 N–H and O–H groups in total. The number of nitrogens with zero attached hydrogens (tertiary/aromatic N) is 3. The third-order valence-electron chi connectivity index (χ3n) is 3.74. The van der Waals surface area contributed by atoms with Crippen molar-refractivity contribution in [1.29, 1.82) is 0 Å². The third kappa shape index (κ3) is 4.86. The molecule has 2 amide bonds. The summed E-state index contributed by atoms with van der Waals surface area (Å²) in [6.45, 7) is 5.85. The van der Waals surface area contributed by atoms with Gasteiger partial charge in [0.05, 0.1) is 16.8 Å². The van der Waals surface area contributed by atoms with E-state index >= 15 is 0 Å². The highest BCUT2D eigenvalue weighted by molar-refractivity contribution is 7.89. The number of hydrogen-bond donors (Lipinski definition) is 2. The summed E-state index contributed by atoms with van der Waals surface area (Å²) in [6.07, 6.45) is 2.71. The third-order valence-corrected chi connectivity index (χ3v) is 5.79. The topological polar surface area (TPSA) is 121 Å². The molecule has 0 atom stereocenters. The second-order valence-electron chi connectivity index (χ2n) is 5.57. The van der Waals surface area contributed by atoms with E-state index in [-0.39, 0.29) is 16.2 Å². The van der Waals surface area contributed by atoms with E-state index in [0.29, 0.717) is 18.8 Å². The molecule has 0 aliphatic heterocycles. The summed E-state index contributed by atoms with van der Waals surface area (Å²) in [4.78, 5) is 32.1. The Morgan fingerprint density at radius 2 is 1.70 bits per heavy atom. The molecule has 1 aromatic carbocycles. The van der Waals surface area contributed by atoms with Gasteiger partial charge in [0.15, 0.2) is 0 Å². The first-order valence-corrected chi connectivity index (χ1v) is 9.73. The van der Waals surface area contributed by atoms with Gasteiger partial charge >= 0.3 is 0 Å². The maximum Gasteiger partial charge on any atom is 0.289 e. The SMILES string of the molecule is CCN(CC)S(=O)(=O)c1cccc(C(=O)NNC(=O)c2cnc(C)cn2)c1. The summed E-state index contributed by atoms with van der Waals surface area (Å²) in [5.41, 5.74) is 5.24. The number of carbonyl (C=O) groups excluding carboxylic acids is 2. The average Bonchev–Trinajstić information content (AvgIpc) is 2.67. The van der Waals surface area contributed by atoms with Crippen LogP contribution in [0.4, 0.5) is 0 Å². The number of aromatic nitrogens is 2. The van der Waals surface area contributed by atoms with Crippen LogP contribution in [0.25, 0.3) is 0 Å². The van der Waals surface area contributed by atoms with E-state index in [9.17, 15) is 18.0 Å². The van der Waals surface area contributed by atoms with E-state index in [0.717, 1.165) is 0 Å². The predicted molar refractivity (Wildman–Crippen MR) is 98.3 cm³/mol. The molecule has 0 bridgehead atoms. The maximum absolute atomic E-state index is 12.6. The van der Waals surface area contributed by atoms with Crippen molar-refractivity contribution < 1.29 is 18.0 Å². The van der Waals surface area contributed by atoms with E-state index < -0.39 is 21.8 Å². The first-order chi connectivity index (χ1) is 12.8. The van der Waals surface area contributed by atoms with Crippen molar-refractivity contribution in [3.63, 3.8) is 0 Å². The van der Waals surface area contributed by atoms with Gasteiger partial charge in [-0.15, -0.1) is 0 Å². The van der Waals surface area contributed by atoms with Crippen LogP contribution in [0.15, 0.2) is 41.6 Å². The molecule has 0 fully saturated rings. The maximum atomic E-state index is 12.6. The normalized spacial score (nSPS) is 11.3. The van der Waals surface area contributed by atoms with Gasteiger partial charge in [-0.2, -0.15) is 4.31 Å². The van der Waals surface area contributed by atoms with Gasteiger partial charge in [-0.25, -0.2) is 13.4 Å². The van der Waals surface area contributed by atoms with Crippen molar-refractivity contribution in [2.75, 3.05) is 13.1 Å². The van der Waals surface area contributed by atoms with Gasteiger partial charge < -0.3 is 0 Å². The summed E-state index contributed by atoms with van der Waals surface area (Å²) < 4.78 is 26.4. The van der Waals surface area contributed by atoms with Crippen LogP contribution < -0.4 is 10.9 Å². The van der Waals surface area contributed by atoms with Crippen molar-refractivity contribution >= 4 is 21.8 Å². The van der Waals surface area contributed by atoms with Crippen molar-refractivity contribution in [2.45, 2.75) is 25.7 Å². The molecule has 2 rings (SSSR count). The number of hydrazine groups is 1. The fraction of sp³-hybridized carbons (Fsp3) is 0.294. The van der Waals surface area contributed by atoms with Gasteiger partial charge in [0.1, 0.15) is 5.69 Å². The molecular weight excluding hydrogens is 370 g/mol. The van der Waals surface area contributed by atoms with Gasteiger partial charge in [-0.1, -0.05) is 19.9 Å². The van der Waals surface area contributed by atoms with Crippen LogP contribution in [0, 0.1) is 6.92 Å². The van der Waals surface area contributed by atoms with Crippen LogP contribution in [0.5, 0.6) is 0 Å². The van der Waals surface area contributed by atoms with Gasteiger partial charge in [-0.05, 0) is 25.1 Å². The van der Waals surface area contributed by atoms with Crippen LogP contribution >= 0.6 is 0 Å². The summed E-state index contributed by atoms with van der Waals surface area (Å²) >= 11 is 0. The molecule has 9 nitrogen and oxygen atoms in total. The zero-order chi connectivity index (χ0) is 20.0. The molecule has 2 aromatic rings. The molecule has 0 aliphatic carbocycles. The fourth-order valence-corrected chi connectivity index (χ4v) is 3.77. The number of amides is 2. The standard InChI is InChI=1S/C17H21N5O4S/c1-4-22(5-2)27(25,26)14-8-6-7-13(9-14)16(23)20-21-17(24)15-11-18-12(3)10-19-15/h6-11H,4-5H2,1-3H3,(H,20,23)(H,21,24). The first kappa shape index (κ1) is 20.5. The summed E-state index contributed by atoms with van der Waals surface area (Å²) in [6, 6.07) is 5.61. The summed E-state index contributed by atoms with van der Waals surface area (Å²) in [5.74, 6) is -1.29. The Hall–Kier alpha value is -2.85. The van der Waals surface area contributed by atoms with Crippen molar-refractivity contribution in [3.8, 4) is 0 Å². The minimum Gasteiger partial charge on any atom is -0.267 e. The fourth-order valence-electron chi connectivity index (χ4n) is 2.27. The van der Waals surface area contributed by atoms with Gasteiger partial charge in [-0.3, -0.25) is 25.4 Å². The zero-order valence-electron chi connectivity index (χ0n) is 15.3. The lowest BCUT2D eigenvalue weighted by Gasteiger charge is -2.18. The van der Waals surface area contributed by atoms with Crippen molar-refractivity contribution in [2.24, 2.45) is 0 Å². The van der Waals surface area contributed by atoms with Crippen LogP contribution in [-0.4, -0.2) is 47.6 Å². The Balaban J connectivity index is 2.11. The smallest absolute Gasteiger partial charge is 0.267 e. The monoisotopic (exact) mass is 391 g/mol. The van der Waals surface area contributed by atoms with Crippen LogP contribution in [0.1, 0.15) is 40.4 Å². The lowest BCUT2D eigenvalue weighted by molar-refractivity contribution is 0.0843. The van der Waals surface area contributed by atoms with E-state index in [1.807, 2.05) is 0 Å². The lowest BCUT2D eigenvalue weighted by atomic mass is 10.2. The highest BCUT2D eigenvalue weighted by atomic mass is 32.2. The number of rotatable bonds is 6. The number of carbonyl (C=O) groups is 2. The molecule has 1 heterocycles. The Kier molecular flexibility index (Phi) is 6.59. The van der Waals surface area contributed by atoms with Crippen LogP contribution in [-0.2, 0) is 10.0 Å². The van der Waals surface area contributed by atoms with Crippen LogP contribution in [0.3, 0.4) is 0 Å². The first-order valence-electron chi connectivity index (χ1n) is 8.29. The molecule has 0 saturated carbocycles. The molecule has 0 spiro atoms. The Morgan fingerprint density at radius 1 is 1.04 bits per heavy atom. The van der Waals surface area contributed by atoms with E-state index in [1.165, 1.54) is 41.0 Å². The van der Waals surface area contributed by atoms with E-state index in [2.05, 4.69) is 20.8 Å². The minimum absolute atomic E-state index is 0.00887. The zero-order valence-corrected chi connectivity index (χ0v) is 16.1. The number of sulfonamides is 1. The highest BCUT2D eigenvalue weighted by Crippen LogP contribution is 2.16. The molecule has 0 saturated heterocycles. The Morgan fingerprint density at radius 3 is 2.30 bits per heavy atom. The van der Waals surface area contributed by atoms with Crippen molar-refractivity contribution in [3.05, 3.63) is 53.6 Å². The molecular formula is C17H21N5O4S. The molecule has 144 valence electrons. The molecule has 0 aliphatic rings. The van der Waals surface area contributed by atoms with Crippen LogP contribution in [0.2, 0.25) is 0 Å². The number of aryl methyl sites for hydroxylation is 1. The highest BCUT2D eigenvalue weighted by Gasteiger charge is 2.22. The Bertz CT molecular complexity index is 925. The van der Waals surface area contributed by atoms with Gasteiger partial charge in [0.25, 0.3) is 11.8 Å². The van der Waals surface area contributed by atoms with Crippen molar-refractivity contribution in [1.82, 2.24) is 25.1 Å². The van der Waals surface area contributed by atoms with E-state index in [4.69, 9.17) is 0 Å². The molecule has 0 radical (unpaired) electrons. The lowest BCUT2D eigenvalue weighted by Crippen LogP contribution is -2.42. The van der Waals surface area contributed by atoms with Gasteiger partial charge in [0, 0.05) is 24.8 Å². The quantitative estimate of drug-likeness (QED) is 0.706. The summed E-state index contributed by atoms with van der Waals surface area (Å²) in [7, 11) is -3.69. The largest absolute Gasteiger partial charge is 0.289 e. The number of benzene rings is 1. The molecule has 27 heavy (non-hydrogen) atoms. The second kappa shape index (κ2) is 8.69. The van der Waals surface area contributed by atoms with Gasteiger partial charge in [0.2, 0.25) is 10.0 Å². The summed E-state index contributed by atoms with van der Waals surface area (Å²) in [5, 5.41) is 0. The second-order valence-corrected chi connectivity index (χ2v) is 7.51. The molecule has 1 aromatic heterocycles. The minimum atomic E-state index is -3.69. The van der Waals surface area contributed by atoms with E-state index in [1.54, 1.807) is 20.8 Å². The predicted octanol–water partition coefficient (Wildman–Crippen LogP) is 0.890. The number of nitrogens with one attached hydrogen (secondary N) is 2. The average molecular weight is 391 g/mol. The molecule has 0 unspecified atom stereocenters. The number of hydrogen-bond acceptors (Lipinski definition) is 6. The Labute approximate surface area is 157 Å². The molecule has 10 heteroatoms.